The van der Waals surface area contributed by atoms with Crippen molar-refractivity contribution in [3.63, 3.8) is 0 Å². The molecule has 0 saturated heterocycles. The van der Waals surface area contributed by atoms with E-state index >= 15 is 0 Å². The van der Waals surface area contributed by atoms with Gasteiger partial charge in [-0.05, 0) is 45.3 Å². The Bertz CT molecular complexity index is 660. The summed E-state index contributed by atoms with van der Waals surface area (Å²) < 4.78 is 10.2. The molecule has 1 aromatic rings. The third kappa shape index (κ3) is 4.20. The first-order chi connectivity index (χ1) is 11.2. The van der Waals surface area contributed by atoms with Crippen LogP contribution in [-0.2, 0) is 19.1 Å². The third-order valence-electron chi connectivity index (χ3n) is 3.73. The van der Waals surface area contributed by atoms with Gasteiger partial charge in [-0.25, -0.2) is 4.79 Å². The Balaban J connectivity index is 2.47. The fraction of sp³-hybridized carbons (Fsp3) is 0.500. The Labute approximate surface area is 141 Å². The zero-order valence-electron chi connectivity index (χ0n) is 14.4. The van der Waals surface area contributed by atoms with Crippen molar-refractivity contribution in [3.05, 3.63) is 41.2 Å². The van der Waals surface area contributed by atoms with E-state index in [-0.39, 0.29) is 0 Å². The largest absolute Gasteiger partial charge is 0.468 e. The fourth-order valence-corrected chi connectivity index (χ4v) is 2.75. The first kappa shape index (κ1) is 18.1. The van der Waals surface area contributed by atoms with Crippen molar-refractivity contribution in [1.82, 2.24) is 4.98 Å². The molecule has 1 aromatic heterocycles. The predicted molar refractivity (Wildman–Crippen MR) is 87.1 cm³/mol. The van der Waals surface area contributed by atoms with Crippen molar-refractivity contribution in [1.29, 1.82) is 0 Å². The van der Waals surface area contributed by atoms with E-state index in [4.69, 9.17) is 9.47 Å². The molecule has 1 aliphatic carbocycles. The molecule has 0 saturated carbocycles. The molecule has 1 aliphatic rings. The number of esters is 2. The van der Waals surface area contributed by atoms with Crippen LogP contribution >= 0.6 is 0 Å². The van der Waals surface area contributed by atoms with Crippen LogP contribution in [-0.4, -0.2) is 34.7 Å². The smallest absolute Gasteiger partial charge is 0.331 e. The minimum Gasteiger partial charge on any atom is -0.468 e. The highest BCUT2D eigenvalue weighted by Crippen LogP contribution is 2.38. The van der Waals surface area contributed by atoms with E-state index in [1.807, 2.05) is 0 Å². The van der Waals surface area contributed by atoms with Gasteiger partial charge in [0.05, 0.1) is 18.9 Å². The van der Waals surface area contributed by atoms with Crippen molar-refractivity contribution in [2.45, 2.75) is 51.2 Å². The molecule has 6 nitrogen and oxygen atoms in total. The van der Waals surface area contributed by atoms with E-state index in [2.05, 4.69) is 4.98 Å². The summed E-state index contributed by atoms with van der Waals surface area (Å²) in [6, 6.07) is 3.44. The number of aliphatic hydroxyl groups is 1. The number of nitrogens with zero attached hydrogens (tertiary/aromatic N) is 1. The van der Waals surface area contributed by atoms with E-state index < -0.39 is 29.6 Å². The molecule has 0 amide bonds. The Morgan fingerprint density at radius 1 is 1.38 bits per heavy atom. The van der Waals surface area contributed by atoms with Gasteiger partial charge >= 0.3 is 11.9 Å². The van der Waals surface area contributed by atoms with Crippen LogP contribution in [0.15, 0.2) is 30.0 Å². The van der Waals surface area contributed by atoms with Gasteiger partial charge < -0.3 is 14.6 Å². The van der Waals surface area contributed by atoms with Crippen molar-refractivity contribution in [2.75, 3.05) is 7.11 Å². The Kier molecular flexibility index (Phi) is 5.39. The summed E-state index contributed by atoms with van der Waals surface area (Å²) in [7, 11) is 1.29. The van der Waals surface area contributed by atoms with Crippen molar-refractivity contribution in [2.24, 2.45) is 0 Å². The number of aromatic nitrogens is 1. The molecule has 0 bridgehead atoms. The van der Waals surface area contributed by atoms with Gasteiger partial charge in [-0.1, -0.05) is 6.07 Å². The van der Waals surface area contributed by atoms with Crippen molar-refractivity contribution in [3.8, 4) is 0 Å². The number of carbonyl (C=O) groups is 2. The Hall–Kier alpha value is -2.21. The van der Waals surface area contributed by atoms with Crippen LogP contribution in [0.1, 0.15) is 56.9 Å². The lowest BCUT2D eigenvalue weighted by Gasteiger charge is -2.20. The Morgan fingerprint density at radius 2 is 2.08 bits per heavy atom. The number of hydrogen-bond acceptors (Lipinski definition) is 6. The van der Waals surface area contributed by atoms with Crippen LogP contribution in [0.5, 0.6) is 0 Å². The number of rotatable bonds is 2. The summed E-state index contributed by atoms with van der Waals surface area (Å²) in [6.45, 7) is 5.32. The molecule has 6 heteroatoms. The molecule has 0 aliphatic heterocycles. The third-order valence-corrected chi connectivity index (χ3v) is 3.73. The quantitative estimate of drug-likeness (QED) is 0.508. The fourth-order valence-electron chi connectivity index (χ4n) is 2.75. The highest BCUT2D eigenvalue weighted by molar-refractivity contribution is 5.88. The second-order valence-corrected chi connectivity index (χ2v) is 6.74. The maximum absolute atomic E-state index is 12.3. The van der Waals surface area contributed by atoms with Crippen LogP contribution < -0.4 is 0 Å². The minimum absolute atomic E-state index is 0.372. The van der Waals surface area contributed by atoms with Gasteiger partial charge in [-0.15, -0.1) is 0 Å². The summed E-state index contributed by atoms with van der Waals surface area (Å²) in [6.07, 6.45) is 2.89. The van der Waals surface area contributed by atoms with Crippen LogP contribution in [0.3, 0.4) is 0 Å². The average Bonchev–Trinajstić information content (AvgIpc) is 2.63. The number of aliphatic hydroxyl groups excluding tert-OH is 1. The van der Waals surface area contributed by atoms with Gasteiger partial charge in [0.25, 0.3) is 0 Å². The van der Waals surface area contributed by atoms with Gasteiger partial charge in [0, 0.05) is 17.8 Å². The molecule has 2 atom stereocenters. The number of carbonyl (C=O) groups excluding carboxylic acids is 2. The number of fused-ring (bicyclic) bond motifs is 1. The summed E-state index contributed by atoms with van der Waals surface area (Å²) in [5, 5.41) is 10.3. The summed E-state index contributed by atoms with van der Waals surface area (Å²) >= 11 is 0. The second-order valence-electron chi connectivity index (χ2n) is 6.74. The summed E-state index contributed by atoms with van der Waals surface area (Å²) in [5.74, 6) is -1.87. The van der Waals surface area contributed by atoms with E-state index in [1.165, 1.54) is 13.2 Å². The molecule has 1 heterocycles. The molecule has 1 N–H and O–H groups in total. The van der Waals surface area contributed by atoms with Gasteiger partial charge in [-0.2, -0.15) is 0 Å². The number of methoxy groups -OCH3 is 1. The number of pyridine rings is 1. The Morgan fingerprint density at radius 3 is 2.71 bits per heavy atom. The standard InChI is InChI=1S/C18H23NO5/c1-18(2,3)24-14(21)10-11-7-8-13(20)12-6-5-9-19-16(12)15(11)17(22)23-4/h5-6,9-10,13,15,20H,7-8H2,1-4H3/b11-10-. The average molecular weight is 333 g/mol. The van der Waals surface area contributed by atoms with E-state index in [1.54, 1.807) is 39.1 Å². The molecule has 0 radical (unpaired) electrons. The van der Waals surface area contributed by atoms with Gasteiger partial charge in [0.15, 0.2) is 0 Å². The molecule has 2 unspecified atom stereocenters. The number of hydrogen-bond donors (Lipinski definition) is 1. The van der Waals surface area contributed by atoms with Crippen LogP contribution in [0.2, 0.25) is 0 Å². The monoisotopic (exact) mass is 333 g/mol. The first-order valence-electron chi connectivity index (χ1n) is 7.87. The molecule has 0 fully saturated rings. The second kappa shape index (κ2) is 7.13. The van der Waals surface area contributed by atoms with Crippen LogP contribution in [0, 0.1) is 0 Å². The summed E-state index contributed by atoms with van der Waals surface area (Å²) in [5.41, 5.74) is 0.909. The zero-order valence-corrected chi connectivity index (χ0v) is 14.4. The molecule has 0 aromatic carbocycles. The molecule has 2 rings (SSSR count). The normalized spacial score (nSPS) is 22.5. The molecular formula is C18H23NO5. The lowest BCUT2D eigenvalue weighted by Crippen LogP contribution is -2.24. The van der Waals surface area contributed by atoms with Crippen LogP contribution in [0.25, 0.3) is 0 Å². The van der Waals surface area contributed by atoms with Gasteiger partial charge in [0.1, 0.15) is 11.5 Å². The maximum Gasteiger partial charge on any atom is 0.331 e. The van der Waals surface area contributed by atoms with E-state index in [0.29, 0.717) is 29.7 Å². The summed E-state index contributed by atoms with van der Waals surface area (Å²) in [4.78, 5) is 28.7. The van der Waals surface area contributed by atoms with Gasteiger partial charge in [0.2, 0.25) is 0 Å². The van der Waals surface area contributed by atoms with E-state index in [9.17, 15) is 14.7 Å². The first-order valence-corrected chi connectivity index (χ1v) is 7.87. The van der Waals surface area contributed by atoms with E-state index in [0.717, 1.165) is 0 Å². The lowest BCUT2D eigenvalue weighted by molar-refractivity contribution is -0.148. The number of ether oxygens (including phenoxy) is 2. The van der Waals surface area contributed by atoms with Crippen molar-refractivity contribution >= 4 is 11.9 Å². The SMILES string of the molecule is COC(=O)C1/C(=C\C(=O)OC(C)(C)C)CCC(O)c2cccnc21. The zero-order chi connectivity index (χ0) is 17.9. The highest BCUT2D eigenvalue weighted by atomic mass is 16.6. The van der Waals surface area contributed by atoms with Gasteiger partial charge in [-0.3, -0.25) is 9.78 Å². The van der Waals surface area contributed by atoms with Crippen molar-refractivity contribution < 1.29 is 24.2 Å². The maximum atomic E-state index is 12.3. The molecular weight excluding hydrogens is 310 g/mol. The topological polar surface area (TPSA) is 85.7 Å². The predicted octanol–water partition coefficient (Wildman–Crippen LogP) is 2.43. The van der Waals surface area contributed by atoms with Crippen LogP contribution in [0.4, 0.5) is 0 Å². The highest BCUT2D eigenvalue weighted by Gasteiger charge is 2.34. The molecule has 0 spiro atoms. The minimum atomic E-state index is -0.823. The molecule has 24 heavy (non-hydrogen) atoms. The lowest BCUT2D eigenvalue weighted by atomic mass is 9.92. The molecule has 130 valence electrons.